The Balaban J connectivity index is 1.85. The van der Waals surface area contributed by atoms with Crippen molar-refractivity contribution >= 4 is 17.3 Å². The molecule has 1 saturated heterocycles. The Morgan fingerprint density at radius 2 is 2.29 bits per heavy atom. The number of likely N-dealkylation sites (N-methyl/N-ethyl adjacent to an activating group) is 1. The van der Waals surface area contributed by atoms with Gasteiger partial charge < -0.3 is 20.3 Å². The molecule has 0 aromatic heterocycles. The molecule has 114 valence electrons. The van der Waals surface area contributed by atoms with E-state index in [0.717, 1.165) is 42.9 Å². The van der Waals surface area contributed by atoms with E-state index >= 15 is 0 Å². The normalized spacial score (nSPS) is 28.4. The molecule has 2 aliphatic rings. The fourth-order valence-corrected chi connectivity index (χ4v) is 3.33. The highest BCUT2D eigenvalue weighted by molar-refractivity contribution is 6.03. The molecule has 0 aliphatic carbocycles. The second kappa shape index (κ2) is 5.31. The molecule has 1 aromatic rings. The summed E-state index contributed by atoms with van der Waals surface area (Å²) in [6.45, 7) is 4.07. The standard InChI is InChI=1S/C16H23N3O2/c1-16(21-3)7-4-8-19(10-16)11-5-6-12-13(9-11)18-15(20)14(12)17-2/h5-6,9,14,17H,4,7-8,10H2,1-3H3,(H,18,20). The Labute approximate surface area is 125 Å². The van der Waals surface area contributed by atoms with Crippen molar-refractivity contribution in [1.82, 2.24) is 5.32 Å². The minimum absolute atomic E-state index is 0.0185. The first-order chi connectivity index (χ1) is 10.1. The van der Waals surface area contributed by atoms with E-state index in [1.165, 1.54) is 0 Å². The molecular formula is C16H23N3O2. The molecule has 21 heavy (non-hydrogen) atoms. The van der Waals surface area contributed by atoms with Crippen molar-refractivity contribution in [3.8, 4) is 0 Å². The lowest BCUT2D eigenvalue weighted by Gasteiger charge is -2.40. The molecule has 1 amide bonds. The number of benzene rings is 1. The average molecular weight is 289 g/mol. The first-order valence-corrected chi connectivity index (χ1v) is 7.48. The molecule has 1 aromatic carbocycles. The minimum Gasteiger partial charge on any atom is -0.377 e. The predicted octanol–water partition coefficient (Wildman–Crippen LogP) is 1.90. The van der Waals surface area contributed by atoms with Crippen molar-refractivity contribution in [3.05, 3.63) is 23.8 Å². The molecule has 2 unspecified atom stereocenters. The topological polar surface area (TPSA) is 53.6 Å². The lowest BCUT2D eigenvalue weighted by atomic mass is 9.94. The summed E-state index contributed by atoms with van der Waals surface area (Å²) in [6.07, 6.45) is 2.20. The third-order valence-corrected chi connectivity index (χ3v) is 4.67. The molecule has 0 bridgehead atoms. The molecule has 2 heterocycles. The van der Waals surface area contributed by atoms with E-state index in [9.17, 15) is 4.79 Å². The molecule has 2 aliphatic heterocycles. The smallest absolute Gasteiger partial charge is 0.246 e. The number of rotatable bonds is 3. The quantitative estimate of drug-likeness (QED) is 0.892. The molecular weight excluding hydrogens is 266 g/mol. The molecule has 0 saturated carbocycles. The van der Waals surface area contributed by atoms with Crippen LogP contribution in [0, 0.1) is 0 Å². The van der Waals surface area contributed by atoms with Gasteiger partial charge in [-0.1, -0.05) is 6.07 Å². The van der Waals surface area contributed by atoms with E-state index in [1.807, 2.05) is 13.1 Å². The third kappa shape index (κ3) is 2.51. The number of carbonyl (C=O) groups is 1. The van der Waals surface area contributed by atoms with Gasteiger partial charge in [-0.2, -0.15) is 0 Å². The molecule has 1 fully saturated rings. The first-order valence-electron chi connectivity index (χ1n) is 7.48. The number of hydrogen-bond acceptors (Lipinski definition) is 4. The zero-order valence-corrected chi connectivity index (χ0v) is 12.9. The fourth-order valence-electron chi connectivity index (χ4n) is 3.33. The lowest BCUT2D eigenvalue weighted by molar-refractivity contribution is -0.117. The summed E-state index contributed by atoms with van der Waals surface area (Å²) in [6, 6.07) is 5.99. The van der Waals surface area contributed by atoms with Gasteiger partial charge in [-0.15, -0.1) is 0 Å². The summed E-state index contributed by atoms with van der Waals surface area (Å²) in [4.78, 5) is 14.2. The number of nitrogens with zero attached hydrogens (tertiary/aromatic N) is 1. The van der Waals surface area contributed by atoms with Gasteiger partial charge in [0, 0.05) is 37.1 Å². The van der Waals surface area contributed by atoms with Crippen molar-refractivity contribution in [2.24, 2.45) is 0 Å². The zero-order valence-electron chi connectivity index (χ0n) is 12.9. The van der Waals surface area contributed by atoms with Crippen LogP contribution in [0.15, 0.2) is 18.2 Å². The molecule has 3 rings (SSSR count). The molecule has 2 atom stereocenters. The van der Waals surface area contributed by atoms with Gasteiger partial charge in [0.2, 0.25) is 5.91 Å². The van der Waals surface area contributed by atoms with Gasteiger partial charge in [-0.25, -0.2) is 0 Å². The van der Waals surface area contributed by atoms with Crippen molar-refractivity contribution in [3.63, 3.8) is 0 Å². The average Bonchev–Trinajstić information content (AvgIpc) is 2.81. The van der Waals surface area contributed by atoms with E-state index in [1.54, 1.807) is 7.11 Å². The zero-order chi connectivity index (χ0) is 15.0. The number of fused-ring (bicyclic) bond motifs is 1. The van der Waals surface area contributed by atoms with Crippen LogP contribution in [0.1, 0.15) is 31.4 Å². The summed E-state index contributed by atoms with van der Waals surface area (Å²) in [5, 5.41) is 6.00. The van der Waals surface area contributed by atoms with Crippen molar-refractivity contribution in [1.29, 1.82) is 0 Å². The number of anilines is 2. The highest BCUT2D eigenvalue weighted by atomic mass is 16.5. The SMILES string of the molecule is CNC1C(=O)Nc2cc(N3CCCC(C)(OC)C3)ccc21. The van der Waals surface area contributed by atoms with Crippen LogP contribution in [0.25, 0.3) is 0 Å². The van der Waals surface area contributed by atoms with Crippen LogP contribution in [0.4, 0.5) is 11.4 Å². The first kappa shape index (κ1) is 14.4. The van der Waals surface area contributed by atoms with Gasteiger partial charge in [0.25, 0.3) is 0 Å². The van der Waals surface area contributed by atoms with E-state index in [-0.39, 0.29) is 17.6 Å². The summed E-state index contributed by atoms with van der Waals surface area (Å²) in [5.41, 5.74) is 3.00. The number of nitrogens with one attached hydrogen (secondary N) is 2. The maximum atomic E-state index is 11.9. The highest BCUT2D eigenvalue weighted by Gasteiger charge is 2.33. The number of carbonyl (C=O) groups excluding carboxylic acids is 1. The molecule has 2 N–H and O–H groups in total. The molecule has 5 heteroatoms. The van der Waals surface area contributed by atoms with E-state index in [4.69, 9.17) is 4.74 Å². The van der Waals surface area contributed by atoms with Crippen molar-refractivity contribution in [2.75, 3.05) is 37.5 Å². The molecule has 0 spiro atoms. The summed E-state index contributed by atoms with van der Waals surface area (Å²) < 4.78 is 5.65. The van der Waals surface area contributed by atoms with Gasteiger partial charge in [0.05, 0.1) is 5.60 Å². The summed E-state index contributed by atoms with van der Waals surface area (Å²) in [7, 11) is 3.59. The molecule has 5 nitrogen and oxygen atoms in total. The summed E-state index contributed by atoms with van der Waals surface area (Å²) >= 11 is 0. The predicted molar refractivity (Wildman–Crippen MR) is 83.7 cm³/mol. The van der Waals surface area contributed by atoms with Crippen LogP contribution >= 0.6 is 0 Å². The summed E-state index contributed by atoms with van der Waals surface area (Å²) in [5.74, 6) is 0.0185. The van der Waals surface area contributed by atoms with Crippen molar-refractivity contribution in [2.45, 2.75) is 31.4 Å². The Hall–Kier alpha value is -1.59. The van der Waals surface area contributed by atoms with Crippen LogP contribution in [0.2, 0.25) is 0 Å². The van der Waals surface area contributed by atoms with E-state index in [0.29, 0.717) is 0 Å². The monoisotopic (exact) mass is 289 g/mol. The number of piperidine rings is 1. The lowest BCUT2D eigenvalue weighted by Crippen LogP contribution is -2.47. The Morgan fingerprint density at radius 3 is 3.00 bits per heavy atom. The Kier molecular flexibility index (Phi) is 3.63. The van der Waals surface area contributed by atoms with E-state index in [2.05, 4.69) is 34.6 Å². The number of methoxy groups -OCH3 is 1. The number of hydrogen-bond donors (Lipinski definition) is 2. The Morgan fingerprint density at radius 1 is 1.48 bits per heavy atom. The van der Waals surface area contributed by atoms with Crippen molar-refractivity contribution < 1.29 is 9.53 Å². The van der Waals surface area contributed by atoms with Crippen LogP contribution < -0.4 is 15.5 Å². The van der Waals surface area contributed by atoms with E-state index < -0.39 is 0 Å². The fraction of sp³-hybridized carbons (Fsp3) is 0.562. The van der Waals surface area contributed by atoms with Gasteiger partial charge >= 0.3 is 0 Å². The van der Waals surface area contributed by atoms with Gasteiger partial charge in [0.1, 0.15) is 6.04 Å². The third-order valence-electron chi connectivity index (χ3n) is 4.67. The minimum atomic E-state index is -0.236. The second-order valence-electron chi connectivity index (χ2n) is 6.16. The number of ether oxygens (including phenoxy) is 1. The van der Waals surface area contributed by atoms with Gasteiger partial charge in [0.15, 0.2) is 0 Å². The van der Waals surface area contributed by atoms with Crippen LogP contribution in [-0.2, 0) is 9.53 Å². The van der Waals surface area contributed by atoms with Crippen LogP contribution in [0.5, 0.6) is 0 Å². The maximum Gasteiger partial charge on any atom is 0.246 e. The Bertz CT molecular complexity index is 560. The second-order valence-corrected chi connectivity index (χ2v) is 6.16. The van der Waals surface area contributed by atoms with Gasteiger partial charge in [-0.3, -0.25) is 4.79 Å². The maximum absolute atomic E-state index is 11.9. The number of amides is 1. The highest BCUT2D eigenvalue weighted by Crippen LogP contribution is 2.35. The van der Waals surface area contributed by atoms with Crippen LogP contribution in [-0.4, -0.2) is 38.8 Å². The molecule has 0 radical (unpaired) electrons. The van der Waals surface area contributed by atoms with Crippen LogP contribution in [0.3, 0.4) is 0 Å². The largest absolute Gasteiger partial charge is 0.377 e. The van der Waals surface area contributed by atoms with Gasteiger partial charge in [-0.05, 0) is 38.9 Å².